The standard InChI is InChI=1S/C14H21N3O3/c1-14(2)9-17(7-10(20-14)8-19-3)12-4-5-16-6-11(12)13(15)18/h4-6,10H,7-9H2,1-3H3,(H2,15,18)/t10-/m0/s1. The van der Waals surface area contributed by atoms with Crippen LogP contribution in [-0.4, -0.2) is 49.4 Å². The first kappa shape index (κ1) is 14.7. The molecule has 1 saturated heterocycles. The fourth-order valence-electron chi connectivity index (χ4n) is 2.60. The van der Waals surface area contributed by atoms with Crippen LogP contribution in [-0.2, 0) is 9.47 Å². The van der Waals surface area contributed by atoms with Gasteiger partial charge in [0.05, 0.1) is 29.6 Å². The molecule has 1 aliphatic rings. The van der Waals surface area contributed by atoms with Crippen molar-refractivity contribution in [2.24, 2.45) is 5.73 Å². The Morgan fingerprint density at radius 2 is 2.40 bits per heavy atom. The van der Waals surface area contributed by atoms with Gasteiger partial charge >= 0.3 is 0 Å². The molecule has 6 nitrogen and oxygen atoms in total. The summed E-state index contributed by atoms with van der Waals surface area (Å²) in [6, 6.07) is 1.81. The third-order valence-electron chi connectivity index (χ3n) is 3.24. The molecule has 0 unspecified atom stereocenters. The van der Waals surface area contributed by atoms with Gasteiger partial charge in [-0.2, -0.15) is 0 Å². The highest BCUT2D eigenvalue weighted by molar-refractivity contribution is 5.98. The summed E-state index contributed by atoms with van der Waals surface area (Å²) in [6.07, 6.45) is 3.12. The summed E-state index contributed by atoms with van der Waals surface area (Å²) in [7, 11) is 1.65. The second-order valence-electron chi connectivity index (χ2n) is 5.59. The number of aromatic nitrogens is 1. The van der Waals surface area contributed by atoms with Crippen LogP contribution in [0.5, 0.6) is 0 Å². The number of primary amides is 1. The number of hydrogen-bond acceptors (Lipinski definition) is 5. The second kappa shape index (κ2) is 5.76. The van der Waals surface area contributed by atoms with Gasteiger partial charge in [-0.3, -0.25) is 9.78 Å². The number of ether oxygens (including phenoxy) is 2. The molecule has 1 amide bonds. The molecule has 0 radical (unpaired) electrons. The summed E-state index contributed by atoms with van der Waals surface area (Å²) in [5, 5.41) is 0. The molecule has 0 bridgehead atoms. The van der Waals surface area contributed by atoms with Gasteiger partial charge in [-0.15, -0.1) is 0 Å². The van der Waals surface area contributed by atoms with E-state index < -0.39 is 5.91 Å². The minimum absolute atomic E-state index is 0.0439. The van der Waals surface area contributed by atoms with E-state index in [4.69, 9.17) is 15.2 Å². The van der Waals surface area contributed by atoms with E-state index in [-0.39, 0.29) is 11.7 Å². The first-order valence-electron chi connectivity index (χ1n) is 6.58. The Bertz CT molecular complexity index is 490. The van der Waals surface area contributed by atoms with Crippen LogP contribution in [0.4, 0.5) is 5.69 Å². The van der Waals surface area contributed by atoms with Gasteiger partial charge in [0.1, 0.15) is 0 Å². The average Bonchev–Trinajstić information content (AvgIpc) is 2.37. The van der Waals surface area contributed by atoms with Crippen LogP contribution < -0.4 is 10.6 Å². The predicted octanol–water partition coefficient (Wildman–Crippen LogP) is 0.811. The number of morpholine rings is 1. The van der Waals surface area contributed by atoms with E-state index in [0.717, 1.165) is 5.69 Å². The predicted molar refractivity (Wildman–Crippen MR) is 75.8 cm³/mol. The Balaban J connectivity index is 2.29. The largest absolute Gasteiger partial charge is 0.382 e. The van der Waals surface area contributed by atoms with E-state index in [1.54, 1.807) is 13.3 Å². The van der Waals surface area contributed by atoms with Gasteiger partial charge in [0.15, 0.2) is 0 Å². The summed E-state index contributed by atoms with van der Waals surface area (Å²) >= 11 is 0. The van der Waals surface area contributed by atoms with Crippen LogP contribution in [0.2, 0.25) is 0 Å². The van der Waals surface area contributed by atoms with Crippen molar-refractivity contribution in [1.29, 1.82) is 0 Å². The van der Waals surface area contributed by atoms with Crippen molar-refractivity contribution >= 4 is 11.6 Å². The minimum atomic E-state index is -0.472. The molecule has 0 spiro atoms. The van der Waals surface area contributed by atoms with Crippen molar-refractivity contribution in [2.45, 2.75) is 25.6 Å². The van der Waals surface area contributed by atoms with Crippen LogP contribution in [0.25, 0.3) is 0 Å². The first-order valence-corrected chi connectivity index (χ1v) is 6.58. The SMILES string of the molecule is COC[C@@H]1CN(c2ccncc2C(N)=O)CC(C)(C)O1. The van der Waals surface area contributed by atoms with Crippen molar-refractivity contribution in [3.05, 3.63) is 24.0 Å². The van der Waals surface area contributed by atoms with Gasteiger partial charge in [0, 0.05) is 32.6 Å². The van der Waals surface area contributed by atoms with Crippen molar-refractivity contribution in [2.75, 3.05) is 31.7 Å². The van der Waals surface area contributed by atoms with Crippen molar-refractivity contribution in [3.8, 4) is 0 Å². The topological polar surface area (TPSA) is 77.7 Å². The second-order valence-corrected chi connectivity index (χ2v) is 5.59. The smallest absolute Gasteiger partial charge is 0.252 e. The first-order chi connectivity index (χ1) is 9.43. The molecule has 1 aromatic heterocycles. The van der Waals surface area contributed by atoms with E-state index in [2.05, 4.69) is 9.88 Å². The third kappa shape index (κ3) is 3.26. The number of nitrogens with zero attached hydrogens (tertiary/aromatic N) is 2. The molecule has 2 N–H and O–H groups in total. The minimum Gasteiger partial charge on any atom is -0.382 e. The number of nitrogens with two attached hydrogens (primary N) is 1. The van der Waals surface area contributed by atoms with Crippen LogP contribution in [0.15, 0.2) is 18.5 Å². The summed E-state index contributed by atoms with van der Waals surface area (Å²) < 4.78 is 11.1. The summed E-state index contributed by atoms with van der Waals surface area (Å²) in [6.45, 7) is 5.88. The lowest BCUT2D eigenvalue weighted by Crippen LogP contribution is -2.54. The lowest BCUT2D eigenvalue weighted by Gasteiger charge is -2.44. The number of pyridine rings is 1. The number of carbonyl (C=O) groups is 1. The molecular weight excluding hydrogens is 258 g/mol. The normalized spacial score (nSPS) is 21.8. The van der Waals surface area contributed by atoms with Crippen LogP contribution in [0, 0.1) is 0 Å². The monoisotopic (exact) mass is 279 g/mol. The van der Waals surface area contributed by atoms with E-state index in [1.165, 1.54) is 6.20 Å². The lowest BCUT2D eigenvalue weighted by molar-refractivity contribution is -0.106. The Labute approximate surface area is 118 Å². The van der Waals surface area contributed by atoms with E-state index in [1.807, 2.05) is 19.9 Å². The number of amides is 1. The molecule has 20 heavy (non-hydrogen) atoms. The Morgan fingerprint density at radius 3 is 3.05 bits per heavy atom. The van der Waals surface area contributed by atoms with E-state index in [0.29, 0.717) is 25.3 Å². The molecule has 0 aliphatic carbocycles. The van der Waals surface area contributed by atoms with Gasteiger partial charge in [-0.1, -0.05) is 0 Å². The van der Waals surface area contributed by atoms with Gasteiger partial charge in [0.25, 0.3) is 5.91 Å². The summed E-state index contributed by atoms with van der Waals surface area (Å²) in [5.41, 5.74) is 6.33. The highest BCUT2D eigenvalue weighted by atomic mass is 16.5. The van der Waals surface area contributed by atoms with Crippen LogP contribution >= 0.6 is 0 Å². The molecule has 1 atom stereocenters. The molecule has 110 valence electrons. The van der Waals surface area contributed by atoms with Crippen molar-refractivity contribution in [3.63, 3.8) is 0 Å². The van der Waals surface area contributed by atoms with Gasteiger partial charge < -0.3 is 20.1 Å². The van der Waals surface area contributed by atoms with E-state index in [9.17, 15) is 4.79 Å². The van der Waals surface area contributed by atoms with E-state index >= 15 is 0 Å². The number of rotatable bonds is 4. The number of carbonyl (C=O) groups excluding carboxylic acids is 1. The quantitative estimate of drug-likeness (QED) is 0.882. The molecule has 2 heterocycles. The van der Waals surface area contributed by atoms with Crippen LogP contribution in [0.1, 0.15) is 24.2 Å². The van der Waals surface area contributed by atoms with Crippen LogP contribution in [0.3, 0.4) is 0 Å². The Morgan fingerprint density at radius 1 is 1.65 bits per heavy atom. The fourth-order valence-corrected chi connectivity index (χ4v) is 2.60. The van der Waals surface area contributed by atoms with Crippen molar-refractivity contribution in [1.82, 2.24) is 4.98 Å². The Kier molecular flexibility index (Phi) is 4.25. The molecule has 2 rings (SSSR count). The maximum absolute atomic E-state index is 11.5. The summed E-state index contributed by atoms with van der Waals surface area (Å²) in [5.74, 6) is -0.472. The number of anilines is 1. The number of hydrogen-bond donors (Lipinski definition) is 1. The zero-order valence-electron chi connectivity index (χ0n) is 12.1. The lowest BCUT2D eigenvalue weighted by atomic mass is 10.0. The van der Waals surface area contributed by atoms with Crippen molar-refractivity contribution < 1.29 is 14.3 Å². The number of methoxy groups -OCH3 is 1. The molecular formula is C14H21N3O3. The molecule has 1 aliphatic heterocycles. The highest BCUT2D eigenvalue weighted by Gasteiger charge is 2.34. The zero-order chi connectivity index (χ0) is 14.8. The van der Waals surface area contributed by atoms with Gasteiger partial charge in [0.2, 0.25) is 0 Å². The average molecular weight is 279 g/mol. The molecule has 1 fully saturated rings. The van der Waals surface area contributed by atoms with Gasteiger partial charge in [-0.25, -0.2) is 0 Å². The maximum Gasteiger partial charge on any atom is 0.252 e. The molecule has 0 saturated carbocycles. The molecule has 1 aromatic rings. The Hall–Kier alpha value is -1.66. The molecule has 0 aromatic carbocycles. The van der Waals surface area contributed by atoms with Gasteiger partial charge in [-0.05, 0) is 19.9 Å². The highest BCUT2D eigenvalue weighted by Crippen LogP contribution is 2.28. The maximum atomic E-state index is 11.5. The fraction of sp³-hybridized carbons (Fsp3) is 0.571. The molecule has 6 heteroatoms. The third-order valence-corrected chi connectivity index (χ3v) is 3.24. The summed E-state index contributed by atoms with van der Waals surface area (Å²) in [4.78, 5) is 17.6. The zero-order valence-corrected chi connectivity index (χ0v) is 12.1.